The minimum absolute atomic E-state index is 0.0745. The molecule has 1 aliphatic carbocycles. The molecule has 3 N–H and O–H groups in total. The van der Waals surface area contributed by atoms with E-state index in [0.29, 0.717) is 17.1 Å². The zero-order chi connectivity index (χ0) is 11.7. The Balaban J connectivity index is 2.37. The summed E-state index contributed by atoms with van der Waals surface area (Å²) in [7, 11) is 0. The van der Waals surface area contributed by atoms with Gasteiger partial charge in [0.1, 0.15) is 17.5 Å². The van der Waals surface area contributed by atoms with Crippen LogP contribution in [0.1, 0.15) is 43.0 Å². The van der Waals surface area contributed by atoms with E-state index in [-0.39, 0.29) is 6.04 Å². The molecule has 16 heavy (non-hydrogen) atoms. The zero-order valence-corrected chi connectivity index (χ0v) is 9.35. The maximum absolute atomic E-state index is 9.92. The van der Waals surface area contributed by atoms with Crippen molar-refractivity contribution in [3.63, 3.8) is 0 Å². The van der Waals surface area contributed by atoms with Crippen LogP contribution in [0.5, 0.6) is 0 Å². The molecule has 5 heteroatoms. The highest BCUT2D eigenvalue weighted by Crippen LogP contribution is 2.31. The minimum Gasteiger partial charge on any atom is -0.391 e. The molecule has 0 radical (unpaired) electrons. The van der Waals surface area contributed by atoms with Gasteiger partial charge < -0.3 is 10.8 Å². The van der Waals surface area contributed by atoms with Crippen LogP contribution in [0.15, 0.2) is 0 Å². The smallest absolute Gasteiger partial charge is 0.140 e. The van der Waals surface area contributed by atoms with E-state index in [0.717, 1.165) is 25.7 Å². The van der Waals surface area contributed by atoms with Crippen molar-refractivity contribution in [1.82, 2.24) is 9.78 Å². The van der Waals surface area contributed by atoms with E-state index in [1.165, 1.54) is 0 Å². The summed E-state index contributed by atoms with van der Waals surface area (Å²) in [4.78, 5) is 0. The Bertz CT molecular complexity index is 432. The Hall–Kier alpha value is -1.54. The average molecular weight is 220 g/mol. The van der Waals surface area contributed by atoms with Crippen molar-refractivity contribution in [3.8, 4) is 6.07 Å². The Morgan fingerprint density at radius 3 is 2.75 bits per heavy atom. The molecule has 0 saturated heterocycles. The van der Waals surface area contributed by atoms with E-state index in [9.17, 15) is 5.11 Å². The van der Waals surface area contributed by atoms with Crippen molar-refractivity contribution in [3.05, 3.63) is 11.3 Å². The molecule has 1 heterocycles. The van der Waals surface area contributed by atoms with Crippen LogP contribution in [-0.2, 0) is 0 Å². The van der Waals surface area contributed by atoms with Gasteiger partial charge in [0.25, 0.3) is 0 Å². The lowest BCUT2D eigenvalue weighted by Crippen LogP contribution is -2.29. The second-order valence-electron chi connectivity index (χ2n) is 4.32. The van der Waals surface area contributed by atoms with Crippen molar-refractivity contribution < 1.29 is 5.11 Å². The fraction of sp³-hybridized carbons (Fsp3) is 0.636. The van der Waals surface area contributed by atoms with Crippen LogP contribution in [0.3, 0.4) is 0 Å². The van der Waals surface area contributed by atoms with Gasteiger partial charge in [0.15, 0.2) is 0 Å². The highest BCUT2D eigenvalue weighted by atomic mass is 16.3. The summed E-state index contributed by atoms with van der Waals surface area (Å²) in [6.45, 7) is 1.76. The van der Waals surface area contributed by atoms with E-state index in [4.69, 9.17) is 11.0 Å². The number of nitrogens with zero attached hydrogens (tertiary/aromatic N) is 3. The molecule has 5 nitrogen and oxygen atoms in total. The number of hydrogen-bond donors (Lipinski definition) is 2. The Morgan fingerprint density at radius 1 is 1.50 bits per heavy atom. The van der Waals surface area contributed by atoms with E-state index in [1.807, 2.05) is 6.07 Å². The predicted molar refractivity (Wildman–Crippen MR) is 59.6 cm³/mol. The summed E-state index contributed by atoms with van der Waals surface area (Å²) in [5.74, 6) is 0.381. The topological polar surface area (TPSA) is 87.9 Å². The summed E-state index contributed by atoms with van der Waals surface area (Å²) >= 11 is 0. The number of aryl methyl sites for hydroxylation is 1. The van der Waals surface area contributed by atoms with Crippen molar-refractivity contribution >= 4 is 5.82 Å². The first-order valence-electron chi connectivity index (χ1n) is 5.58. The van der Waals surface area contributed by atoms with Gasteiger partial charge in [-0.25, -0.2) is 4.68 Å². The summed E-state index contributed by atoms with van der Waals surface area (Å²) in [5.41, 5.74) is 6.94. The first-order chi connectivity index (χ1) is 7.65. The molecule has 2 rings (SSSR count). The summed E-state index contributed by atoms with van der Waals surface area (Å²) < 4.78 is 1.62. The van der Waals surface area contributed by atoms with Crippen molar-refractivity contribution in [2.45, 2.75) is 44.8 Å². The van der Waals surface area contributed by atoms with E-state index < -0.39 is 6.10 Å². The van der Waals surface area contributed by atoms with Gasteiger partial charge in [0.05, 0.1) is 17.8 Å². The van der Waals surface area contributed by atoms with Gasteiger partial charge >= 0.3 is 0 Å². The SMILES string of the molecule is Cc1nn(C2CCCCC2O)c(N)c1C#N. The highest BCUT2D eigenvalue weighted by Gasteiger charge is 2.28. The lowest BCUT2D eigenvalue weighted by molar-refractivity contribution is 0.0704. The fourth-order valence-corrected chi connectivity index (χ4v) is 2.33. The number of nitriles is 1. The molecule has 1 saturated carbocycles. The molecule has 0 aromatic carbocycles. The van der Waals surface area contributed by atoms with Gasteiger partial charge in [-0.05, 0) is 19.8 Å². The standard InChI is InChI=1S/C11H16N4O/c1-7-8(6-12)11(13)15(14-7)9-4-2-3-5-10(9)16/h9-10,16H,2-5,13H2,1H3. The van der Waals surface area contributed by atoms with E-state index in [2.05, 4.69) is 5.10 Å². The number of anilines is 1. The van der Waals surface area contributed by atoms with Gasteiger partial charge in [-0.3, -0.25) is 0 Å². The number of aromatic nitrogens is 2. The fourth-order valence-electron chi connectivity index (χ4n) is 2.33. The highest BCUT2D eigenvalue weighted by molar-refractivity contribution is 5.51. The Labute approximate surface area is 94.5 Å². The largest absolute Gasteiger partial charge is 0.391 e. The molecule has 0 amide bonds. The summed E-state index contributed by atoms with van der Waals surface area (Å²) in [6, 6.07) is 1.97. The molecular weight excluding hydrogens is 204 g/mol. The van der Waals surface area contributed by atoms with Crippen LogP contribution >= 0.6 is 0 Å². The third kappa shape index (κ3) is 1.65. The van der Waals surface area contributed by atoms with Crippen LogP contribution in [0, 0.1) is 18.3 Å². The van der Waals surface area contributed by atoms with Crippen LogP contribution in [0.25, 0.3) is 0 Å². The molecule has 0 spiro atoms. The molecule has 0 aliphatic heterocycles. The minimum atomic E-state index is -0.401. The third-order valence-corrected chi connectivity index (χ3v) is 3.24. The second kappa shape index (κ2) is 4.14. The number of aliphatic hydroxyl groups is 1. The van der Waals surface area contributed by atoms with Crippen LogP contribution < -0.4 is 5.73 Å². The van der Waals surface area contributed by atoms with Crippen molar-refractivity contribution in [2.24, 2.45) is 0 Å². The zero-order valence-electron chi connectivity index (χ0n) is 9.35. The Kier molecular flexibility index (Phi) is 2.84. The number of rotatable bonds is 1. The first-order valence-corrected chi connectivity index (χ1v) is 5.58. The van der Waals surface area contributed by atoms with Gasteiger partial charge in [0.2, 0.25) is 0 Å². The van der Waals surface area contributed by atoms with Crippen molar-refractivity contribution in [1.29, 1.82) is 5.26 Å². The quantitative estimate of drug-likeness (QED) is 0.742. The number of hydrogen-bond acceptors (Lipinski definition) is 4. The number of nitrogens with two attached hydrogens (primary N) is 1. The van der Waals surface area contributed by atoms with Gasteiger partial charge in [-0.2, -0.15) is 10.4 Å². The molecule has 1 aromatic heterocycles. The lowest BCUT2D eigenvalue weighted by Gasteiger charge is -2.28. The number of nitrogen functional groups attached to an aromatic ring is 1. The van der Waals surface area contributed by atoms with Gasteiger partial charge in [0, 0.05) is 0 Å². The van der Waals surface area contributed by atoms with Crippen LogP contribution in [0.2, 0.25) is 0 Å². The Morgan fingerprint density at radius 2 is 2.19 bits per heavy atom. The third-order valence-electron chi connectivity index (χ3n) is 3.24. The lowest BCUT2D eigenvalue weighted by atomic mass is 9.93. The molecule has 1 fully saturated rings. The molecule has 86 valence electrons. The average Bonchev–Trinajstić information content (AvgIpc) is 2.55. The van der Waals surface area contributed by atoms with E-state index >= 15 is 0 Å². The van der Waals surface area contributed by atoms with Gasteiger partial charge in [-0.1, -0.05) is 12.8 Å². The summed E-state index contributed by atoms with van der Waals surface area (Å²) in [5, 5.41) is 23.1. The van der Waals surface area contributed by atoms with Gasteiger partial charge in [-0.15, -0.1) is 0 Å². The summed E-state index contributed by atoms with van der Waals surface area (Å²) in [6.07, 6.45) is 3.37. The molecule has 2 atom stereocenters. The molecule has 1 aliphatic rings. The predicted octanol–water partition coefficient (Wildman–Crippen LogP) is 1.12. The maximum atomic E-state index is 9.92. The molecular formula is C11H16N4O. The first kappa shape index (κ1) is 11.0. The monoisotopic (exact) mass is 220 g/mol. The van der Waals surface area contributed by atoms with Crippen LogP contribution in [0.4, 0.5) is 5.82 Å². The second-order valence-corrected chi connectivity index (χ2v) is 4.32. The van der Waals surface area contributed by atoms with E-state index in [1.54, 1.807) is 11.6 Å². The molecule has 2 unspecified atom stereocenters. The van der Waals surface area contributed by atoms with Crippen LogP contribution in [-0.4, -0.2) is 21.0 Å². The van der Waals surface area contributed by atoms with Crippen molar-refractivity contribution in [2.75, 3.05) is 5.73 Å². The molecule has 1 aromatic rings. The molecule has 0 bridgehead atoms. The maximum Gasteiger partial charge on any atom is 0.140 e. The number of aliphatic hydroxyl groups excluding tert-OH is 1. The normalized spacial score (nSPS) is 25.3.